The third-order valence-electron chi connectivity index (χ3n) is 3.38. The van der Waals surface area contributed by atoms with Gasteiger partial charge in [0.1, 0.15) is 5.60 Å². The molecule has 10 heteroatoms. The number of alkyl carbamates (subject to hydrolysis) is 1. The van der Waals surface area contributed by atoms with Crippen LogP contribution in [0, 0.1) is 5.92 Å². The van der Waals surface area contributed by atoms with Gasteiger partial charge in [-0.2, -0.15) is 0 Å². The molecule has 9 nitrogen and oxygen atoms in total. The fourth-order valence-electron chi connectivity index (χ4n) is 2.18. The van der Waals surface area contributed by atoms with Crippen LogP contribution in [-0.2, 0) is 19.1 Å². The molecule has 0 spiro atoms. The maximum absolute atomic E-state index is 12.4. The van der Waals surface area contributed by atoms with E-state index in [0.717, 1.165) is 5.32 Å². The molecule has 0 heterocycles. The number of rotatable bonds is 11. The fourth-order valence-corrected chi connectivity index (χ4v) is 3.17. The van der Waals surface area contributed by atoms with Crippen LogP contribution in [0.25, 0.3) is 0 Å². The Kier molecular flexibility index (Phi) is 11.8. The van der Waals surface area contributed by atoms with E-state index in [1.807, 2.05) is 19.7 Å². The summed E-state index contributed by atoms with van der Waals surface area (Å²) in [6.07, 6.45) is -0.00445. The Labute approximate surface area is 172 Å². The number of carbonyl (C=O) groups is 4. The molecule has 0 radical (unpaired) electrons. The molecule has 0 aliphatic heterocycles. The third kappa shape index (κ3) is 12.6. The van der Waals surface area contributed by atoms with E-state index < -0.39 is 41.6 Å². The van der Waals surface area contributed by atoms with E-state index in [9.17, 15) is 19.2 Å². The molecule has 0 bridgehead atoms. The van der Waals surface area contributed by atoms with Crippen LogP contribution in [0.3, 0.4) is 0 Å². The van der Waals surface area contributed by atoms with Gasteiger partial charge in [-0.05, 0) is 20.8 Å². The topological polar surface area (TPSA) is 134 Å². The first-order valence-electron chi connectivity index (χ1n) is 9.14. The first kappa shape index (κ1) is 26.2. The molecule has 4 N–H and O–H groups in total. The van der Waals surface area contributed by atoms with Gasteiger partial charge in [0.05, 0.1) is 0 Å². The average molecular weight is 466 g/mol. The second-order valence-corrected chi connectivity index (χ2v) is 9.85. The van der Waals surface area contributed by atoms with Crippen LogP contribution >= 0.6 is 0 Å². The van der Waals surface area contributed by atoms with E-state index >= 15 is 0 Å². The summed E-state index contributed by atoms with van der Waals surface area (Å²) in [5.74, 6) is -0.121. The summed E-state index contributed by atoms with van der Waals surface area (Å²) in [5.41, 5.74) is -0.700. The SMILES string of the molecule is C[Se]CCC(NC(=O)CNC(=O)C(CC(C)C)NC(=O)OC(C)(C)C)C(=O)O. The molecule has 3 amide bonds. The number of carboxylic acid groups (broad SMARTS) is 1. The number of hydrogen-bond donors (Lipinski definition) is 4. The molecule has 2 unspecified atom stereocenters. The van der Waals surface area contributed by atoms with Crippen LogP contribution in [0.1, 0.15) is 47.5 Å². The third-order valence-corrected chi connectivity index (χ3v) is 4.73. The van der Waals surface area contributed by atoms with E-state index in [-0.39, 0.29) is 12.5 Å². The summed E-state index contributed by atoms with van der Waals surface area (Å²) < 4.78 is 5.17. The minimum absolute atomic E-state index is 0.117. The van der Waals surface area contributed by atoms with Gasteiger partial charge in [0.2, 0.25) is 0 Å². The number of aliphatic carboxylic acids is 1. The van der Waals surface area contributed by atoms with Gasteiger partial charge < -0.3 is 0 Å². The summed E-state index contributed by atoms with van der Waals surface area (Å²) in [5, 5.41) is 17.2. The van der Waals surface area contributed by atoms with Crippen molar-refractivity contribution in [2.24, 2.45) is 5.92 Å². The predicted molar refractivity (Wildman–Crippen MR) is 106 cm³/mol. The van der Waals surface area contributed by atoms with Crippen LogP contribution in [0.2, 0.25) is 11.1 Å². The number of hydrogen-bond acceptors (Lipinski definition) is 5. The number of amides is 3. The molecular weight excluding hydrogens is 433 g/mol. The molecule has 2 atom stereocenters. The summed E-state index contributed by atoms with van der Waals surface area (Å²) in [7, 11) is 0. The first-order valence-corrected chi connectivity index (χ1v) is 12.1. The van der Waals surface area contributed by atoms with E-state index in [4.69, 9.17) is 9.84 Å². The molecule has 0 aliphatic carbocycles. The summed E-state index contributed by atoms with van der Waals surface area (Å²) >= 11 is 0.310. The van der Waals surface area contributed by atoms with Crippen molar-refractivity contribution in [2.45, 2.75) is 76.3 Å². The molecule has 0 rings (SSSR count). The van der Waals surface area contributed by atoms with E-state index in [2.05, 4.69) is 16.0 Å². The van der Waals surface area contributed by atoms with Crippen molar-refractivity contribution in [3.63, 3.8) is 0 Å². The van der Waals surface area contributed by atoms with E-state index in [0.29, 0.717) is 27.8 Å². The molecule has 0 aromatic carbocycles. The Balaban J connectivity index is 4.74. The number of carbonyl (C=O) groups excluding carboxylic acids is 3. The van der Waals surface area contributed by atoms with Gasteiger partial charge in [-0.1, -0.05) is 0 Å². The van der Waals surface area contributed by atoms with Crippen molar-refractivity contribution in [3.05, 3.63) is 0 Å². The zero-order chi connectivity index (χ0) is 21.9. The van der Waals surface area contributed by atoms with Crippen molar-refractivity contribution in [1.82, 2.24) is 16.0 Å². The standard InChI is InChI=1S/C18H33N3O6Se/c1-11(2)9-13(21-17(26)27-18(3,4)5)15(23)19-10-14(22)20-12(16(24)25)7-8-28-6/h11-13H,7-10H2,1-6H3,(H,19,23)(H,20,22)(H,21,26)(H,24,25). The summed E-state index contributed by atoms with van der Waals surface area (Å²) in [4.78, 5) is 47.5. The second kappa shape index (κ2) is 12.6. The molecule has 0 aromatic rings. The quantitative estimate of drug-likeness (QED) is 0.338. The zero-order valence-corrected chi connectivity index (χ0v) is 19.2. The Bertz CT molecular complexity index is 548. The number of nitrogens with one attached hydrogen (secondary N) is 3. The van der Waals surface area contributed by atoms with Gasteiger partial charge in [0.15, 0.2) is 0 Å². The fraction of sp³-hybridized carbons (Fsp3) is 0.778. The van der Waals surface area contributed by atoms with Crippen LogP contribution in [0.4, 0.5) is 4.79 Å². The molecule has 0 saturated heterocycles. The van der Waals surface area contributed by atoms with Crippen LogP contribution in [0.15, 0.2) is 0 Å². The van der Waals surface area contributed by atoms with Crippen LogP contribution < -0.4 is 16.0 Å². The molecule has 0 saturated carbocycles. The van der Waals surface area contributed by atoms with Crippen molar-refractivity contribution in [1.29, 1.82) is 0 Å². The van der Waals surface area contributed by atoms with Crippen molar-refractivity contribution in [3.8, 4) is 0 Å². The molecule has 162 valence electrons. The molecule has 0 aliphatic rings. The van der Waals surface area contributed by atoms with Gasteiger partial charge >= 0.3 is 146 Å². The van der Waals surface area contributed by atoms with Crippen molar-refractivity contribution in [2.75, 3.05) is 6.54 Å². The van der Waals surface area contributed by atoms with Gasteiger partial charge in [-0.15, -0.1) is 0 Å². The van der Waals surface area contributed by atoms with E-state index in [1.165, 1.54) is 0 Å². The Hall–Kier alpha value is -1.80. The van der Waals surface area contributed by atoms with Crippen molar-refractivity contribution >= 4 is 38.8 Å². The van der Waals surface area contributed by atoms with Crippen molar-refractivity contribution < 1.29 is 29.0 Å². The van der Waals surface area contributed by atoms with Crippen LogP contribution in [0.5, 0.6) is 0 Å². The Morgan fingerprint density at radius 2 is 1.68 bits per heavy atom. The number of ether oxygens (including phenoxy) is 1. The van der Waals surface area contributed by atoms with Crippen LogP contribution in [-0.4, -0.2) is 68.2 Å². The predicted octanol–water partition coefficient (Wildman–Crippen LogP) is 1.17. The van der Waals surface area contributed by atoms with Gasteiger partial charge in [-0.3, -0.25) is 0 Å². The zero-order valence-electron chi connectivity index (χ0n) is 17.5. The monoisotopic (exact) mass is 467 g/mol. The molecular formula is C18H33N3O6Se. The maximum atomic E-state index is 12.4. The average Bonchev–Trinajstić information content (AvgIpc) is 2.53. The second-order valence-electron chi connectivity index (χ2n) is 7.79. The molecule has 0 fully saturated rings. The van der Waals surface area contributed by atoms with Gasteiger partial charge in [-0.25, -0.2) is 0 Å². The Morgan fingerprint density at radius 1 is 1.07 bits per heavy atom. The van der Waals surface area contributed by atoms with E-state index in [1.54, 1.807) is 20.8 Å². The minimum atomic E-state index is -1.10. The van der Waals surface area contributed by atoms with Gasteiger partial charge in [0.25, 0.3) is 0 Å². The Morgan fingerprint density at radius 3 is 2.14 bits per heavy atom. The van der Waals surface area contributed by atoms with Gasteiger partial charge in [0, 0.05) is 0 Å². The first-order chi connectivity index (χ1) is 12.9. The molecule has 28 heavy (non-hydrogen) atoms. The summed E-state index contributed by atoms with van der Waals surface area (Å²) in [6, 6.07) is -1.83. The summed E-state index contributed by atoms with van der Waals surface area (Å²) in [6.45, 7) is 8.57. The molecule has 0 aromatic heterocycles. The number of carboxylic acids is 1. The normalized spacial score (nSPS) is 13.4.